The van der Waals surface area contributed by atoms with Crippen LogP contribution in [0.15, 0.2) is 34.7 Å². The molecule has 18 heavy (non-hydrogen) atoms. The highest BCUT2D eigenvalue weighted by Crippen LogP contribution is 2.28. The van der Waals surface area contributed by atoms with Gasteiger partial charge in [-0.1, -0.05) is 6.92 Å². The fourth-order valence-corrected chi connectivity index (χ4v) is 1.92. The molecule has 1 unspecified atom stereocenters. The molecule has 2 nitrogen and oxygen atoms in total. The van der Waals surface area contributed by atoms with Crippen molar-refractivity contribution < 1.29 is 13.2 Å². The van der Waals surface area contributed by atoms with Crippen LogP contribution < -0.4 is 5.32 Å². The lowest BCUT2D eigenvalue weighted by molar-refractivity contribution is 0.430. The van der Waals surface area contributed by atoms with Crippen molar-refractivity contribution >= 4 is 0 Å². The number of benzene rings is 1. The van der Waals surface area contributed by atoms with E-state index in [2.05, 4.69) is 5.32 Å². The van der Waals surface area contributed by atoms with E-state index in [1.807, 2.05) is 20.0 Å². The van der Waals surface area contributed by atoms with Crippen LogP contribution in [0.4, 0.5) is 8.78 Å². The predicted molar refractivity (Wildman–Crippen MR) is 66.2 cm³/mol. The highest BCUT2D eigenvalue weighted by molar-refractivity contribution is 5.58. The van der Waals surface area contributed by atoms with Gasteiger partial charge in [0.1, 0.15) is 23.2 Å². The number of nitrogens with one attached hydrogen (secondary N) is 1. The molecule has 0 spiro atoms. The van der Waals surface area contributed by atoms with E-state index in [4.69, 9.17) is 4.42 Å². The molecule has 0 saturated carbocycles. The summed E-state index contributed by atoms with van der Waals surface area (Å²) in [4.78, 5) is 0. The summed E-state index contributed by atoms with van der Waals surface area (Å²) in [6, 6.07) is 7.06. The first kappa shape index (κ1) is 12.8. The minimum absolute atomic E-state index is 0.0993. The summed E-state index contributed by atoms with van der Waals surface area (Å²) in [6.07, 6.45) is 0.870. The van der Waals surface area contributed by atoms with Gasteiger partial charge in [0, 0.05) is 6.07 Å². The lowest BCUT2D eigenvalue weighted by atomic mass is 10.1. The largest absolute Gasteiger partial charge is 0.459 e. The molecular formula is C14H15F2NO. The third-order valence-electron chi connectivity index (χ3n) is 2.92. The van der Waals surface area contributed by atoms with Gasteiger partial charge < -0.3 is 9.73 Å². The molecule has 4 heteroatoms. The highest BCUT2D eigenvalue weighted by atomic mass is 19.1. The molecule has 0 bridgehead atoms. The fourth-order valence-electron chi connectivity index (χ4n) is 1.92. The Bertz CT molecular complexity index is 532. The standard InChI is InChI=1S/C14H15F2NO/c1-3-12(17-2)14-7-6-13(18-14)10-5-4-9(15)8-11(10)16/h4-8,12,17H,3H2,1-2H3. The molecule has 0 radical (unpaired) electrons. The van der Waals surface area contributed by atoms with Crippen LogP contribution in [0.2, 0.25) is 0 Å². The Morgan fingerprint density at radius 2 is 2.00 bits per heavy atom. The van der Waals surface area contributed by atoms with E-state index in [-0.39, 0.29) is 11.6 Å². The Morgan fingerprint density at radius 1 is 1.22 bits per heavy atom. The molecule has 1 aromatic carbocycles. The van der Waals surface area contributed by atoms with Gasteiger partial charge in [-0.3, -0.25) is 0 Å². The Labute approximate surface area is 105 Å². The van der Waals surface area contributed by atoms with Crippen LogP contribution >= 0.6 is 0 Å². The zero-order valence-corrected chi connectivity index (χ0v) is 10.3. The van der Waals surface area contributed by atoms with Gasteiger partial charge in [0.05, 0.1) is 11.6 Å². The first-order valence-corrected chi connectivity index (χ1v) is 5.88. The summed E-state index contributed by atoms with van der Waals surface area (Å²) in [6.45, 7) is 2.03. The highest BCUT2D eigenvalue weighted by Gasteiger charge is 2.14. The van der Waals surface area contributed by atoms with Crippen LogP contribution in [0.25, 0.3) is 11.3 Å². The SMILES string of the molecule is CCC(NC)c1ccc(-c2ccc(F)cc2F)o1. The van der Waals surface area contributed by atoms with E-state index < -0.39 is 11.6 Å². The fraction of sp³-hybridized carbons (Fsp3) is 0.286. The average molecular weight is 251 g/mol. The molecule has 0 aliphatic carbocycles. The van der Waals surface area contributed by atoms with Crippen molar-refractivity contribution in [2.24, 2.45) is 0 Å². The summed E-state index contributed by atoms with van der Waals surface area (Å²) < 4.78 is 32.0. The van der Waals surface area contributed by atoms with Crippen molar-refractivity contribution in [1.82, 2.24) is 5.32 Å². The van der Waals surface area contributed by atoms with Gasteiger partial charge in [-0.25, -0.2) is 8.78 Å². The molecule has 2 aromatic rings. The first-order valence-electron chi connectivity index (χ1n) is 5.88. The molecule has 96 valence electrons. The van der Waals surface area contributed by atoms with E-state index in [0.29, 0.717) is 5.76 Å². The van der Waals surface area contributed by atoms with Crippen LogP contribution in [0.1, 0.15) is 25.1 Å². The molecule has 1 atom stereocenters. The van der Waals surface area contributed by atoms with E-state index in [1.165, 1.54) is 12.1 Å². The van der Waals surface area contributed by atoms with Crippen molar-refractivity contribution in [3.63, 3.8) is 0 Å². The minimum Gasteiger partial charge on any atom is -0.459 e. The molecule has 0 amide bonds. The molecule has 2 rings (SSSR count). The summed E-state index contributed by atoms with van der Waals surface area (Å²) in [5, 5.41) is 3.11. The molecule has 0 aliphatic heterocycles. The second-order valence-corrected chi connectivity index (χ2v) is 4.08. The lowest BCUT2D eigenvalue weighted by Crippen LogP contribution is -2.14. The Hall–Kier alpha value is -1.68. The van der Waals surface area contributed by atoms with Crippen LogP contribution in [-0.2, 0) is 0 Å². The maximum atomic E-state index is 13.6. The monoisotopic (exact) mass is 251 g/mol. The molecule has 0 saturated heterocycles. The van der Waals surface area contributed by atoms with E-state index in [9.17, 15) is 8.78 Å². The van der Waals surface area contributed by atoms with Gasteiger partial charge in [-0.15, -0.1) is 0 Å². The Morgan fingerprint density at radius 3 is 2.61 bits per heavy atom. The van der Waals surface area contributed by atoms with Crippen molar-refractivity contribution in [3.05, 3.63) is 47.7 Å². The summed E-state index contributed by atoms with van der Waals surface area (Å²) in [5.74, 6) is -0.0481. The predicted octanol–water partition coefficient (Wildman–Crippen LogP) is 3.90. The van der Waals surface area contributed by atoms with Gasteiger partial charge >= 0.3 is 0 Å². The van der Waals surface area contributed by atoms with Crippen LogP contribution in [0.3, 0.4) is 0 Å². The second-order valence-electron chi connectivity index (χ2n) is 4.08. The summed E-state index contributed by atoms with van der Waals surface area (Å²) in [7, 11) is 1.84. The van der Waals surface area contributed by atoms with Gasteiger partial charge in [-0.05, 0) is 37.7 Å². The molecule has 0 fully saturated rings. The number of halogens is 2. The minimum atomic E-state index is -0.617. The third kappa shape index (κ3) is 2.43. The molecule has 1 aromatic heterocycles. The maximum absolute atomic E-state index is 13.6. The van der Waals surface area contributed by atoms with Crippen LogP contribution in [0, 0.1) is 11.6 Å². The summed E-state index contributed by atoms with van der Waals surface area (Å²) >= 11 is 0. The number of hydrogen-bond donors (Lipinski definition) is 1. The molecular weight excluding hydrogens is 236 g/mol. The topological polar surface area (TPSA) is 25.2 Å². The van der Waals surface area contributed by atoms with Crippen molar-refractivity contribution in [2.75, 3.05) is 7.05 Å². The number of furan rings is 1. The van der Waals surface area contributed by atoms with Crippen LogP contribution in [0.5, 0.6) is 0 Å². The zero-order chi connectivity index (χ0) is 13.1. The van der Waals surface area contributed by atoms with Crippen molar-refractivity contribution in [1.29, 1.82) is 0 Å². The van der Waals surface area contributed by atoms with E-state index >= 15 is 0 Å². The molecule has 1 heterocycles. The smallest absolute Gasteiger partial charge is 0.137 e. The zero-order valence-electron chi connectivity index (χ0n) is 10.3. The van der Waals surface area contributed by atoms with Gasteiger partial charge in [0.15, 0.2) is 0 Å². The second kappa shape index (κ2) is 5.31. The van der Waals surface area contributed by atoms with Crippen LogP contribution in [-0.4, -0.2) is 7.05 Å². The first-order chi connectivity index (χ1) is 8.65. The van der Waals surface area contributed by atoms with E-state index in [0.717, 1.165) is 18.2 Å². The molecule has 1 N–H and O–H groups in total. The number of hydrogen-bond acceptors (Lipinski definition) is 2. The summed E-state index contributed by atoms with van der Waals surface area (Å²) in [5.41, 5.74) is 0.272. The van der Waals surface area contributed by atoms with Gasteiger partial charge in [0.25, 0.3) is 0 Å². The lowest BCUT2D eigenvalue weighted by Gasteiger charge is -2.10. The Balaban J connectivity index is 2.34. The third-order valence-corrected chi connectivity index (χ3v) is 2.92. The maximum Gasteiger partial charge on any atom is 0.137 e. The van der Waals surface area contributed by atoms with E-state index in [1.54, 1.807) is 6.07 Å². The van der Waals surface area contributed by atoms with Crippen molar-refractivity contribution in [2.45, 2.75) is 19.4 Å². The average Bonchev–Trinajstić information content (AvgIpc) is 2.80. The van der Waals surface area contributed by atoms with Crippen molar-refractivity contribution in [3.8, 4) is 11.3 Å². The van der Waals surface area contributed by atoms with Gasteiger partial charge in [-0.2, -0.15) is 0 Å². The Kier molecular flexibility index (Phi) is 3.77. The quantitative estimate of drug-likeness (QED) is 0.891. The molecule has 0 aliphatic rings. The normalized spacial score (nSPS) is 12.7. The van der Waals surface area contributed by atoms with Gasteiger partial charge in [0.2, 0.25) is 0 Å². The number of rotatable bonds is 4.